The van der Waals surface area contributed by atoms with E-state index in [1.807, 2.05) is 12.3 Å². The minimum absolute atomic E-state index is 0.0639. The molecule has 0 radical (unpaired) electrons. The Morgan fingerprint density at radius 3 is 2.15 bits per heavy atom. The number of hydrogen-bond acceptors (Lipinski definition) is 1. The van der Waals surface area contributed by atoms with E-state index < -0.39 is 11.8 Å². The topological polar surface area (TPSA) is 0 Å². The van der Waals surface area contributed by atoms with Crippen LogP contribution in [-0.4, -0.2) is 17.4 Å². The second-order valence-corrected chi connectivity index (χ2v) is 5.50. The normalized spacial score (nSPS) is 39.8. The minimum Gasteiger partial charge on any atom is -0.210 e. The van der Waals surface area contributed by atoms with Gasteiger partial charge in [-0.25, -0.2) is 8.78 Å². The van der Waals surface area contributed by atoms with Crippen molar-refractivity contribution >= 4 is 11.8 Å². The standard InChI is InChI=1S/C10H16F2S/c1-9(8(11)12)4-6-10(2,13-3)7-5-9/h4,6,8H,5,7H2,1-3H3. The number of allylic oxidation sites excluding steroid dienone is 1. The molecule has 0 fully saturated rings. The van der Waals surface area contributed by atoms with Crippen molar-refractivity contribution in [3.05, 3.63) is 12.2 Å². The van der Waals surface area contributed by atoms with Gasteiger partial charge in [-0.1, -0.05) is 19.1 Å². The van der Waals surface area contributed by atoms with E-state index in [4.69, 9.17) is 0 Å². The van der Waals surface area contributed by atoms with Gasteiger partial charge < -0.3 is 0 Å². The first kappa shape index (κ1) is 11.0. The van der Waals surface area contributed by atoms with Gasteiger partial charge in [0.05, 0.1) is 0 Å². The SMILES string of the molecule is CSC1(C)C=CC(C)(C(F)F)CC1. The van der Waals surface area contributed by atoms with Crippen molar-refractivity contribution in [2.75, 3.05) is 6.26 Å². The Morgan fingerprint density at radius 2 is 1.85 bits per heavy atom. The lowest BCUT2D eigenvalue weighted by Gasteiger charge is -2.36. The maximum absolute atomic E-state index is 12.6. The van der Waals surface area contributed by atoms with E-state index >= 15 is 0 Å². The molecule has 0 aromatic rings. The zero-order valence-corrected chi connectivity index (χ0v) is 9.13. The van der Waals surface area contributed by atoms with E-state index in [0.29, 0.717) is 6.42 Å². The zero-order chi connectivity index (χ0) is 10.1. The molecule has 0 saturated carbocycles. The van der Waals surface area contributed by atoms with Gasteiger partial charge in [0.15, 0.2) is 0 Å². The lowest BCUT2D eigenvalue weighted by Crippen LogP contribution is -2.32. The quantitative estimate of drug-likeness (QED) is 0.620. The summed E-state index contributed by atoms with van der Waals surface area (Å²) in [6.07, 6.45) is 4.83. The van der Waals surface area contributed by atoms with Gasteiger partial charge in [0.25, 0.3) is 0 Å². The third-order valence-electron chi connectivity index (χ3n) is 2.94. The van der Waals surface area contributed by atoms with E-state index in [0.717, 1.165) is 6.42 Å². The third kappa shape index (κ3) is 2.25. The van der Waals surface area contributed by atoms with Crippen molar-refractivity contribution < 1.29 is 8.78 Å². The molecule has 0 aliphatic heterocycles. The summed E-state index contributed by atoms with van der Waals surface area (Å²) in [5.41, 5.74) is -0.894. The van der Waals surface area contributed by atoms with Crippen LogP contribution in [0.15, 0.2) is 12.2 Å². The molecule has 1 rings (SSSR count). The van der Waals surface area contributed by atoms with Crippen LogP contribution in [0.25, 0.3) is 0 Å². The predicted molar refractivity (Wildman–Crippen MR) is 54.4 cm³/mol. The van der Waals surface area contributed by atoms with Crippen LogP contribution in [0.5, 0.6) is 0 Å². The summed E-state index contributed by atoms with van der Waals surface area (Å²) in [7, 11) is 0. The molecule has 0 N–H and O–H groups in total. The largest absolute Gasteiger partial charge is 0.247 e. The van der Waals surface area contributed by atoms with Crippen molar-refractivity contribution in [2.45, 2.75) is 37.9 Å². The Balaban J connectivity index is 2.77. The molecule has 0 amide bonds. The van der Waals surface area contributed by atoms with E-state index in [-0.39, 0.29) is 4.75 Å². The zero-order valence-electron chi connectivity index (χ0n) is 8.31. The smallest absolute Gasteiger partial charge is 0.210 e. The summed E-state index contributed by atoms with van der Waals surface area (Å²) < 4.78 is 25.3. The van der Waals surface area contributed by atoms with Crippen LogP contribution in [0.2, 0.25) is 0 Å². The van der Waals surface area contributed by atoms with E-state index in [1.54, 1.807) is 24.8 Å². The summed E-state index contributed by atoms with van der Waals surface area (Å²) in [6.45, 7) is 3.73. The van der Waals surface area contributed by atoms with Crippen molar-refractivity contribution in [1.82, 2.24) is 0 Å². The molecule has 2 atom stereocenters. The Labute approximate surface area is 82.8 Å². The lowest BCUT2D eigenvalue weighted by molar-refractivity contribution is 0.0285. The second kappa shape index (κ2) is 3.60. The van der Waals surface area contributed by atoms with Gasteiger partial charge in [-0.2, -0.15) is 11.8 Å². The van der Waals surface area contributed by atoms with Gasteiger partial charge in [-0.05, 0) is 26.0 Å². The summed E-state index contributed by atoms with van der Waals surface area (Å²) in [5, 5.41) is 0. The van der Waals surface area contributed by atoms with Crippen LogP contribution in [-0.2, 0) is 0 Å². The van der Waals surface area contributed by atoms with E-state index in [9.17, 15) is 8.78 Å². The first-order valence-electron chi connectivity index (χ1n) is 4.46. The van der Waals surface area contributed by atoms with Crippen LogP contribution < -0.4 is 0 Å². The number of rotatable bonds is 2. The Morgan fingerprint density at radius 1 is 1.23 bits per heavy atom. The number of hydrogen-bond donors (Lipinski definition) is 0. The lowest BCUT2D eigenvalue weighted by atomic mass is 9.78. The molecule has 0 spiro atoms. The molecule has 3 heteroatoms. The second-order valence-electron chi connectivity index (χ2n) is 4.16. The summed E-state index contributed by atoms with van der Waals surface area (Å²) in [6, 6.07) is 0. The van der Waals surface area contributed by atoms with Gasteiger partial charge >= 0.3 is 0 Å². The first-order chi connectivity index (χ1) is 5.92. The highest BCUT2D eigenvalue weighted by atomic mass is 32.2. The van der Waals surface area contributed by atoms with Crippen molar-refractivity contribution in [2.24, 2.45) is 5.41 Å². The number of halogens is 2. The molecular formula is C10H16F2S. The molecule has 0 aromatic carbocycles. The molecule has 0 heterocycles. The highest BCUT2D eigenvalue weighted by Crippen LogP contribution is 2.43. The van der Waals surface area contributed by atoms with Crippen molar-refractivity contribution in [3.8, 4) is 0 Å². The predicted octanol–water partition coefficient (Wildman–Crippen LogP) is 3.73. The molecule has 1 aliphatic rings. The molecule has 76 valence electrons. The summed E-state index contributed by atoms with van der Waals surface area (Å²) in [4.78, 5) is 0. The third-order valence-corrected chi connectivity index (χ3v) is 4.21. The van der Waals surface area contributed by atoms with Gasteiger partial charge in [0, 0.05) is 10.2 Å². The summed E-state index contributed by atoms with van der Waals surface area (Å²) in [5.74, 6) is 0. The minimum atomic E-state index is -2.24. The van der Waals surface area contributed by atoms with E-state index in [1.165, 1.54) is 0 Å². The average Bonchev–Trinajstić information content (AvgIpc) is 2.11. The molecule has 2 unspecified atom stereocenters. The van der Waals surface area contributed by atoms with Crippen LogP contribution in [0, 0.1) is 5.41 Å². The monoisotopic (exact) mass is 206 g/mol. The van der Waals surface area contributed by atoms with Gasteiger partial charge in [0.1, 0.15) is 0 Å². The van der Waals surface area contributed by atoms with Crippen LogP contribution in [0.3, 0.4) is 0 Å². The average molecular weight is 206 g/mol. The van der Waals surface area contributed by atoms with Crippen LogP contribution in [0.1, 0.15) is 26.7 Å². The van der Waals surface area contributed by atoms with Gasteiger partial charge in [-0.3, -0.25) is 0 Å². The number of alkyl halides is 2. The molecule has 0 bridgehead atoms. The fraction of sp³-hybridized carbons (Fsp3) is 0.800. The molecule has 0 saturated heterocycles. The Bertz CT molecular complexity index is 215. The Kier molecular flexibility index (Phi) is 3.05. The maximum Gasteiger partial charge on any atom is 0.247 e. The molecule has 0 aromatic heterocycles. The highest BCUT2D eigenvalue weighted by Gasteiger charge is 2.38. The molecular weight excluding hydrogens is 190 g/mol. The van der Waals surface area contributed by atoms with Crippen molar-refractivity contribution in [3.63, 3.8) is 0 Å². The van der Waals surface area contributed by atoms with E-state index in [2.05, 4.69) is 6.92 Å². The van der Waals surface area contributed by atoms with Gasteiger partial charge in [0.2, 0.25) is 6.43 Å². The molecule has 13 heavy (non-hydrogen) atoms. The number of thioether (sulfide) groups is 1. The van der Waals surface area contributed by atoms with Crippen molar-refractivity contribution in [1.29, 1.82) is 0 Å². The van der Waals surface area contributed by atoms with Crippen LogP contribution >= 0.6 is 11.8 Å². The fourth-order valence-electron chi connectivity index (χ4n) is 1.40. The first-order valence-corrected chi connectivity index (χ1v) is 5.68. The maximum atomic E-state index is 12.6. The van der Waals surface area contributed by atoms with Gasteiger partial charge in [-0.15, -0.1) is 0 Å². The Hall–Kier alpha value is -0.0500. The summed E-state index contributed by atoms with van der Waals surface area (Å²) >= 11 is 1.73. The highest BCUT2D eigenvalue weighted by molar-refractivity contribution is 8.00. The molecule has 0 nitrogen and oxygen atoms in total. The van der Waals surface area contributed by atoms with Crippen LogP contribution in [0.4, 0.5) is 8.78 Å². The fourth-order valence-corrected chi connectivity index (χ4v) is 1.91. The molecule has 1 aliphatic carbocycles.